The van der Waals surface area contributed by atoms with Crippen molar-refractivity contribution in [1.82, 2.24) is 0 Å². The van der Waals surface area contributed by atoms with Crippen molar-refractivity contribution in [2.24, 2.45) is 0 Å². The van der Waals surface area contributed by atoms with E-state index in [1.807, 2.05) is 212 Å². The minimum atomic E-state index is -1.05. The van der Waals surface area contributed by atoms with Crippen LogP contribution in [0.25, 0.3) is 0 Å². The van der Waals surface area contributed by atoms with Gasteiger partial charge in [0.2, 0.25) is 0 Å². The average Bonchev–Trinajstić information content (AvgIpc) is 3.79. The first-order valence-electron chi connectivity index (χ1n) is 25.2. The normalized spacial score (nSPS) is 23.3. The molecule has 2 heterocycles. The summed E-state index contributed by atoms with van der Waals surface area (Å²) in [5.41, 5.74) is 6.99. The molecule has 1 unspecified atom stereocenters. The van der Waals surface area contributed by atoms with E-state index in [-0.39, 0.29) is 39.6 Å². The third-order valence-corrected chi connectivity index (χ3v) is 12.9. The van der Waals surface area contributed by atoms with Crippen molar-refractivity contribution in [2.75, 3.05) is 20.3 Å². The lowest BCUT2D eigenvalue weighted by molar-refractivity contribution is -0.344. The standard InChI is InChI=1S/C62H66O11/c1-63-61-59(69-42-51-33-19-7-20-34-51)58(68-41-50-31-17-6-18-32-50)56(54(71-61)45-65-38-47-25-11-3-12-26-47)73-62-60(70-43-52-35-21-8-22-36-52)57(67-40-49-29-15-5-16-30-49)55(72-62)53(66-39-48-27-13-4-14-28-48)44-64-37-46-23-9-2-10-24-46/h2-36,53-62H,37-45H2,1H3/t53-,54-,55-,56-,57+,58+,59-,60-,61+,62?/m1/s1. The van der Waals surface area contributed by atoms with Crippen LogP contribution in [0.5, 0.6) is 0 Å². The maximum atomic E-state index is 7.46. The van der Waals surface area contributed by atoms with Crippen molar-refractivity contribution in [3.8, 4) is 0 Å². The van der Waals surface area contributed by atoms with Gasteiger partial charge in [0.1, 0.15) is 48.8 Å². The smallest absolute Gasteiger partial charge is 0.187 e. The van der Waals surface area contributed by atoms with Gasteiger partial charge in [0.05, 0.1) is 59.5 Å². The van der Waals surface area contributed by atoms with Gasteiger partial charge < -0.3 is 52.1 Å². The van der Waals surface area contributed by atoms with Crippen LogP contribution in [-0.2, 0) is 98.4 Å². The topological polar surface area (TPSA) is 102 Å². The van der Waals surface area contributed by atoms with E-state index in [1.54, 1.807) is 7.11 Å². The molecular weight excluding hydrogens is 921 g/mol. The van der Waals surface area contributed by atoms with Gasteiger partial charge in [-0.05, 0) is 38.9 Å². The molecule has 73 heavy (non-hydrogen) atoms. The first-order valence-corrected chi connectivity index (χ1v) is 25.2. The van der Waals surface area contributed by atoms with E-state index < -0.39 is 61.4 Å². The van der Waals surface area contributed by atoms with E-state index in [1.165, 1.54) is 0 Å². The molecule has 11 heteroatoms. The van der Waals surface area contributed by atoms with Crippen LogP contribution in [0, 0.1) is 0 Å². The molecule has 380 valence electrons. The molecule has 0 aromatic heterocycles. The average molecular weight is 987 g/mol. The molecule has 2 aliphatic rings. The summed E-state index contributed by atoms with van der Waals surface area (Å²) >= 11 is 0. The van der Waals surface area contributed by atoms with Crippen LogP contribution in [-0.4, -0.2) is 81.7 Å². The molecule has 9 rings (SSSR count). The number of benzene rings is 7. The molecule has 0 bridgehead atoms. The third kappa shape index (κ3) is 15.3. The van der Waals surface area contributed by atoms with Gasteiger partial charge in [0.15, 0.2) is 12.6 Å². The summed E-state index contributed by atoms with van der Waals surface area (Å²) in [5.74, 6) is 0. The van der Waals surface area contributed by atoms with E-state index in [0.717, 1.165) is 38.9 Å². The monoisotopic (exact) mass is 986 g/mol. The molecule has 2 aliphatic heterocycles. The molecule has 2 saturated heterocycles. The maximum absolute atomic E-state index is 7.46. The zero-order chi connectivity index (χ0) is 49.7. The fourth-order valence-electron chi connectivity index (χ4n) is 9.13. The van der Waals surface area contributed by atoms with Crippen molar-refractivity contribution in [3.63, 3.8) is 0 Å². The Labute approximate surface area is 429 Å². The van der Waals surface area contributed by atoms with Gasteiger partial charge in [-0.15, -0.1) is 0 Å². The molecule has 0 saturated carbocycles. The largest absolute Gasteiger partial charge is 0.374 e. The molecule has 2 fully saturated rings. The first-order chi connectivity index (χ1) is 36.2. The minimum absolute atomic E-state index is 0.131. The minimum Gasteiger partial charge on any atom is -0.374 e. The predicted molar refractivity (Wildman–Crippen MR) is 276 cm³/mol. The van der Waals surface area contributed by atoms with Crippen molar-refractivity contribution >= 4 is 0 Å². The van der Waals surface area contributed by atoms with Crippen molar-refractivity contribution in [2.45, 2.75) is 108 Å². The highest BCUT2D eigenvalue weighted by Crippen LogP contribution is 2.38. The van der Waals surface area contributed by atoms with Gasteiger partial charge >= 0.3 is 0 Å². The van der Waals surface area contributed by atoms with E-state index in [0.29, 0.717) is 19.8 Å². The SMILES string of the molecule is CO[C@H]1O[C@H](COCc2ccccc2)[C@@H](OC2O[C@H]([C@@H](COCc3ccccc3)OCc3ccccc3)[C@H](OCc3ccccc3)[C@H]2OCc2ccccc2)[C@H](OCc2ccccc2)[C@H]1OCc1ccccc1. The fraction of sp³-hybridized carbons (Fsp3) is 0.323. The lowest BCUT2D eigenvalue weighted by Gasteiger charge is -2.46. The number of hydrogen-bond acceptors (Lipinski definition) is 11. The maximum Gasteiger partial charge on any atom is 0.187 e. The lowest BCUT2D eigenvalue weighted by Crippen LogP contribution is -2.62. The Morgan fingerprint density at radius 3 is 1.14 bits per heavy atom. The van der Waals surface area contributed by atoms with Gasteiger partial charge in [0.25, 0.3) is 0 Å². The summed E-state index contributed by atoms with van der Waals surface area (Å²) < 4.78 is 75.5. The molecule has 7 aromatic rings. The van der Waals surface area contributed by atoms with Gasteiger partial charge in [-0.1, -0.05) is 212 Å². The zero-order valence-corrected chi connectivity index (χ0v) is 41.3. The fourth-order valence-corrected chi connectivity index (χ4v) is 9.13. The van der Waals surface area contributed by atoms with Crippen LogP contribution in [0.4, 0.5) is 0 Å². The van der Waals surface area contributed by atoms with E-state index in [4.69, 9.17) is 52.1 Å². The molecule has 11 nitrogen and oxygen atoms in total. The summed E-state index contributed by atoms with van der Waals surface area (Å²) in [5, 5.41) is 0. The first kappa shape index (κ1) is 52.0. The Bertz CT molecular complexity index is 2560. The van der Waals surface area contributed by atoms with Gasteiger partial charge in [0, 0.05) is 7.11 Å². The second kappa shape index (κ2) is 28.0. The van der Waals surface area contributed by atoms with Gasteiger partial charge in [-0.25, -0.2) is 0 Å². The number of methoxy groups -OCH3 is 1. The van der Waals surface area contributed by atoms with Crippen molar-refractivity contribution < 1.29 is 52.1 Å². The third-order valence-electron chi connectivity index (χ3n) is 12.9. The molecule has 0 spiro atoms. The highest BCUT2D eigenvalue weighted by atomic mass is 16.8. The Morgan fingerprint density at radius 1 is 0.356 bits per heavy atom. The van der Waals surface area contributed by atoms with Crippen LogP contribution in [0.1, 0.15) is 38.9 Å². The van der Waals surface area contributed by atoms with Gasteiger partial charge in [-0.2, -0.15) is 0 Å². The number of hydrogen-bond donors (Lipinski definition) is 0. The summed E-state index contributed by atoms with van der Waals surface area (Å²) in [4.78, 5) is 0. The number of rotatable bonds is 27. The van der Waals surface area contributed by atoms with Crippen molar-refractivity contribution in [3.05, 3.63) is 251 Å². The van der Waals surface area contributed by atoms with Crippen LogP contribution in [0.3, 0.4) is 0 Å². The molecule has 0 aliphatic carbocycles. The lowest BCUT2D eigenvalue weighted by atomic mass is 9.97. The Kier molecular flexibility index (Phi) is 19.9. The van der Waals surface area contributed by atoms with Gasteiger partial charge in [-0.3, -0.25) is 0 Å². The quantitative estimate of drug-likeness (QED) is 0.0492. The van der Waals surface area contributed by atoms with Crippen LogP contribution < -0.4 is 0 Å². The highest BCUT2D eigenvalue weighted by molar-refractivity contribution is 5.19. The molecule has 0 amide bonds. The highest BCUT2D eigenvalue weighted by Gasteiger charge is 2.55. The Hall–Kier alpha value is -5.90. The molecule has 7 aromatic carbocycles. The molecule has 0 radical (unpaired) electrons. The molecule has 10 atom stereocenters. The summed E-state index contributed by atoms with van der Waals surface area (Å²) in [7, 11) is 1.61. The van der Waals surface area contributed by atoms with E-state index in [2.05, 4.69) is 0 Å². The molecular formula is C62H66O11. The van der Waals surface area contributed by atoms with Crippen LogP contribution in [0.15, 0.2) is 212 Å². The van der Waals surface area contributed by atoms with E-state index in [9.17, 15) is 0 Å². The Morgan fingerprint density at radius 2 is 0.712 bits per heavy atom. The molecule has 0 N–H and O–H groups in total. The predicted octanol–water partition coefficient (Wildman–Crippen LogP) is 10.8. The summed E-state index contributed by atoms with van der Waals surface area (Å²) in [6.07, 6.45) is -7.91. The van der Waals surface area contributed by atoms with E-state index >= 15 is 0 Å². The second-order valence-corrected chi connectivity index (χ2v) is 18.2. The summed E-state index contributed by atoms with van der Waals surface area (Å²) in [6.45, 7) is 2.39. The van der Waals surface area contributed by atoms with Crippen LogP contribution >= 0.6 is 0 Å². The number of ether oxygens (including phenoxy) is 11. The summed E-state index contributed by atoms with van der Waals surface area (Å²) in [6, 6.07) is 70.4. The van der Waals surface area contributed by atoms with Crippen LogP contribution in [0.2, 0.25) is 0 Å². The second-order valence-electron chi connectivity index (χ2n) is 18.2. The van der Waals surface area contributed by atoms with Crippen molar-refractivity contribution in [1.29, 1.82) is 0 Å². The zero-order valence-electron chi connectivity index (χ0n) is 41.3. The Balaban J connectivity index is 1.09.